The summed E-state index contributed by atoms with van der Waals surface area (Å²) in [6.45, 7) is 5.64. The molecule has 0 saturated carbocycles. The maximum atomic E-state index is 12.0. The second kappa shape index (κ2) is 4.86. The van der Waals surface area contributed by atoms with Crippen LogP contribution >= 0.6 is 11.6 Å². The van der Waals surface area contributed by atoms with Crippen molar-refractivity contribution in [1.29, 1.82) is 0 Å². The summed E-state index contributed by atoms with van der Waals surface area (Å²) in [5, 5.41) is 13.9. The molecule has 8 nitrogen and oxygen atoms in total. The average Bonchev–Trinajstić information content (AvgIpc) is 2.30. The Kier molecular flexibility index (Phi) is 3.51. The van der Waals surface area contributed by atoms with E-state index in [1.54, 1.807) is 18.7 Å². The third-order valence-electron chi connectivity index (χ3n) is 3.30. The van der Waals surface area contributed by atoms with Crippen molar-refractivity contribution in [2.75, 3.05) is 18.0 Å². The van der Waals surface area contributed by atoms with Gasteiger partial charge in [-0.2, -0.15) is 4.98 Å². The van der Waals surface area contributed by atoms with Crippen LogP contribution in [0.4, 0.5) is 11.5 Å². The lowest BCUT2D eigenvalue weighted by Crippen LogP contribution is -2.62. The quantitative estimate of drug-likeness (QED) is 0.498. The van der Waals surface area contributed by atoms with Gasteiger partial charge in [0.05, 0.1) is 4.92 Å². The molecule has 0 unspecified atom stereocenters. The van der Waals surface area contributed by atoms with E-state index in [1.807, 2.05) is 0 Å². The molecule has 1 saturated heterocycles. The molecule has 1 aliphatic heterocycles. The van der Waals surface area contributed by atoms with E-state index in [2.05, 4.69) is 15.3 Å². The maximum Gasteiger partial charge on any atom is 0.332 e. The lowest BCUT2D eigenvalue weighted by molar-refractivity contribution is -0.385. The van der Waals surface area contributed by atoms with Gasteiger partial charge >= 0.3 is 5.69 Å². The van der Waals surface area contributed by atoms with Crippen LogP contribution in [0, 0.1) is 17.0 Å². The highest BCUT2D eigenvalue weighted by Gasteiger charge is 2.42. The zero-order valence-corrected chi connectivity index (χ0v) is 12.1. The number of aryl methyl sites for hydroxylation is 1. The number of anilines is 1. The first kappa shape index (κ1) is 14.4. The molecule has 108 valence electrons. The zero-order valence-electron chi connectivity index (χ0n) is 11.3. The van der Waals surface area contributed by atoms with Gasteiger partial charge in [-0.05, 0) is 32.4 Å². The molecule has 1 N–H and O–H groups in total. The second-order valence-electron chi connectivity index (χ2n) is 4.97. The molecule has 0 aromatic carbocycles. The Labute approximate surface area is 120 Å². The Morgan fingerprint density at radius 1 is 1.45 bits per heavy atom. The van der Waals surface area contributed by atoms with Gasteiger partial charge in [0.15, 0.2) is 0 Å². The van der Waals surface area contributed by atoms with Gasteiger partial charge in [0, 0.05) is 13.1 Å². The van der Waals surface area contributed by atoms with Crippen LogP contribution in [0.2, 0.25) is 5.28 Å². The third-order valence-corrected chi connectivity index (χ3v) is 3.47. The summed E-state index contributed by atoms with van der Waals surface area (Å²) >= 11 is 5.80. The van der Waals surface area contributed by atoms with Crippen molar-refractivity contribution >= 4 is 29.0 Å². The zero-order chi connectivity index (χ0) is 15.1. The molecule has 0 radical (unpaired) electrons. The fourth-order valence-corrected chi connectivity index (χ4v) is 2.40. The number of nitrogens with one attached hydrogen (secondary N) is 1. The van der Waals surface area contributed by atoms with Crippen molar-refractivity contribution in [3.63, 3.8) is 0 Å². The SMILES string of the molecule is Cc1nc(Cl)nc(N2CCNC(=O)C2(C)C)c1[N+](=O)[O-]. The van der Waals surface area contributed by atoms with Gasteiger partial charge in [0.2, 0.25) is 17.0 Å². The standard InChI is InChI=1S/C11H14ClN5O3/c1-6-7(17(19)20)8(15-10(12)14-6)16-5-4-13-9(18)11(16,2)3/h4-5H2,1-3H3,(H,13,18). The molecule has 2 heterocycles. The lowest BCUT2D eigenvalue weighted by atomic mass is 9.98. The van der Waals surface area contributed by atoms with Gasteiger partial charge in [-0.15, -0.1) is 0 Å². The number of nitrogens with zero attached hydrogens (tertiary/aromatic N) is 4. The molecule has 1 amide bonds. The molecule has 0 spiro atoms. The van der Waals surface area contributed by atoms with E-state index in [4.69, 9.17) is 11.6 Å². The monoisotopic (exact) mass is 299 g/mol. The Morgan fingerprint density at radius 2 is 2.10 bits per heavy atom. The summed E-state index contributed by atoms with van der Waals surface area (Å²) in [7, 11) is 0. The number of piperazine rings is 1. The fourth-order valence-electron chi connectivity index (χ4n) is 2.19. The summed E-state index contributed by atoms with van der Waals surface area (Å²) in [6.07, 6.45) is 0. The average molecular weight is 300 g/mol. The first-order chi connectivity index (χ1) is 9.25. The number of halogens is 1. The van der Waals surface area contributed by atoms with E-state index < -0.39 is 10.5 Å². The third kappa shape index (κ3) is 2.26. The number of rotatable bonds is 2. The molecular formula is C11H14ClN5O3. The molecule has 1 aromatic rings. The van der Waals surface area contributed by atoms with Crippen LogP contribution in [0.5, 0.6) is 0 Å². The number of nitro groups is 1. The van der Waals surface area contributed by atoms with Crippen LogP contribution < -0.4 is 10.2 Å². The van der Waals surface area contributed by atoms with Crippen LogP contribution in [0.25, 0.3) is 0 Å². The van der Waals surface area contributed by atoms with Crippen molar-refractivity contribution in [2.45, 2.75) is 26.3 Å². The van der Waals surface area contributed by atoms with E-state index in [1.165, 1.54) is 6.92 Å². The minimum atomic E-state index is -0.951. The van der Waals surface area contributed by atoms with Gasteiger partial charge in [0.25, 0.3) is 0 Å². The highest BCUT2D eigenvalue weighted by molar-refractivity contribution is 6.28. The maximum absolute atomic E-state index is 12.0. The first-order valence-electron chi connectivity index (χ1n) is 5.99. The fraction of sp³-hybridized carbons (Fsp3) is 0.545. The van der Waals surface area contributed by atoms with Crippen LogP contribution in [-0.2, 0) is 4.79 Å². The van der Waals surface area contributed by atoms with E-state index >= 15 is 0 Å². The molecule has 1 aliphatic rings. The normalized spacial score (nSPS) is 17.8. The second-order valence-corrected chi connectivity index (χ2v) is 5.31. The minimum absolute atomic E-state index is 0.0763. The summed E-state index contributed by atoms with van der Waals surface area (Å²) in [4.78, 5) is 32.0. The molecule has 1 fully saturated rings. The number of hydrogen-bond acceptors (Lipinski definition) is 6. The molecule has 20 heavy (non-hydrogen) atoms. The van der Waals surface area contributed by atoms with E-state index in [0.717, 1.165) is 0 Å². The summed E-state index contributed by atoms with van der Waals surface area (Å²) < 4.78 is 0. The largest absolute Gasteiger partial charge is 0.352 e. The molecule has 0 atom stereocenters. The summed E-state index contributed by atoms with van der Waals surface area (Å²) in [5.74, 6) is -0.141. The van der Waals surface area contributed by atoms with Crippen LogP contribution in [0.1, 0.15) is 19.5 Å². The molecule has 0 bridgehead atoms. The van der Waals surface area contributed by atoms with Crippen molar-refractivity contribution in [3.8, 4) is 0 Å². The van der Waals surface area contributed by atoms with Crippen molar-refractivity contribution in [1.82, 2.24) is 15.3 Å². The molecule has 2 rings (SSSR count). The number of carbonyl (C=O) groups is 1. The summed E-state index contributed by atoms with van der Waals surface area (Å²) in [6, 6.07) is 0. The van der Waals surface area contributed by atoms with Crippen LogP contribution in [0.3, 0.4) is 0 Å². The summed E-state index contributed by atoms with van der Waals surface area (Å²) in [5.41, 5.74) is -1.00. The van der Waals surface area contributed by atoms with Gasteiger partial charge in [0.1, 0.15) is 11.2 Å². The predicted octanol–water partition coefficient (Wildman–Crippen LogP) is 1.06. The van der Waals surface area contributed by atoms with Crippen molar-refractivity contribution in [3.05, 3.63) is 21.1 Å². The highest BCUT2D eigenvalue weighted by atomic mass is 35.5. The minimum Gasteiger partial charge on any atom is -0.352 e. The molecule has 9 heteroatoms. The number of aromatic nitrogens is 2. The Hall–Kier alpha value is -1.96. The molecular weight excluding hydrogens is 286 g/mol. The Bertz CT molecular complexity index is 590. The number of hydrogen-bond donors (Lipinski definition) is 1. The van der Waals surface area contributed by atoms with Gasteiger partial charge in [-0.3, -0.25) is 14.9 Å². The predicted molar refractivity (Wildman–Crippen MR) is 72.9 cm³/mol. The molecule has 0 aliphatic carbocycles. The van der Waals surface area contributed by atoms with Gasteiger partial charge < -0.3 is 10.2 Å². The van der Waals surface area contributed by atoms with Crippen LogP contribution in [-0.4, -0.2) is 39.4 Å². The Balaban J connectivity index is 2.62. The van der Waals surface area contributed by atoms with Crippen molar-refractivity contribution < 1.29 is 9.72 Å². The highest BCUT2D eigenvalue weighted by Crippen LogP contribution is 2.34. The number of carbonyl (C=O) groups excluding carboxylic acids is 1. The van der Waals surface area contributed by atoms with E-state index in [9.17, 15) is 14.9 Å². The van der Waals surface area contributed by atoms with E-state index in [-0.39, 0.29) is 28.4 Å². The lowest BCUT2D eigenvalue weighted by Gasteiger charge is -2.41. The first-order valence-corrected chi connectivity index (χ1v) is 6.37. The van der Waals surface area contributed by atoms with Gasteiger partial charge in [-0.25, -0.2) is 4.98 Å². The smallest absolute Gasteiger partial charge is 0.332 e. The van der Waals surface area contributed by atoms with E-state index in [0.29, 0.717) is 13.1 Å². The Morgan fingerprint density at radius 3 is 2.70 bits per heavy atom. The molecule has 1 aromatic heterocycles. The van der Waals surface area contributed by atoms with Crippen molar-refractivity contribution in [2.24, 2.45) is 0 Å². The van der Waals surface area contributed by atoms with Crippen LogP contribution in [0.15, 0.2) is 0 Å². The topological polar surface area (TPSA) is 101 Å². The van der Waals surface area contributed by atoms with Gasteiger partial charge in [-0.1, -0.05) is 0 Å². The number of amides is 1.